The summed E-state index contributed by atoms with van der Waals surface area (Å²) in [5.74, 6) is 0.598. The van der Waals surface area contributed by atoms with Crippen LogP contribution in [0.2, 0.25) is 0 Å². The van der Waals surface area contributed by atoms with Gasteiger partial charge in [0.25, 0.3) is 5.91 Å². The highest BCUT2D eigenvalue weighted by Crippen LogP contribution is 2.49. The van der Waals surface area contributed by atoms with E-state index in [1.54, 1.807) is 0 Å². The Bertz CT molecular complexity index is 850. The molecule has 2 atom stereocenters. The van der Waals surface area contributed by atoms with Crippen LogP contribution in [-0.2, 0) is 4.79 Å². The van der Waals surface area contributed by atoms with Gasteiger partial charge in [-0.05, 0) is 39.2 Å². The fourth-order valence-electron chi connectivity index (χ4n) is 4.33. The number of allylic oxidation sites excluding steroid dienone is 4. The molecule has 8 nitrogen and oxygen atoms in total. The zero-order chi connectivity index (χ0) is 21.1. The molecule has 2 unspecified atom stereocenters. The fourth-order valence-corrected chi connectivity index (χ4v) is 4.33. The second-order valence-corrected chi connectivity index (χ2v) is 8.69. The van der Waals surface area contributed by atoms with E-state index in [1.807, 2.05) is 0 Å². The van der Waals surface area contributed by atoms with Crippen molar-refractivity contribution < 1.29 is 9.59 Å². The van der Waals surface area contributed by atoms with Gasteiger partial charge in [-0.15, -0.1) is 0 Å². The summed E-state index contributed by atoms with van der Waals surface area (Å²) < 4.78 is 0. The van der Waals surface area contributed by atoms with E-state index >= 15 is 0 Å². The van der Waals surface area contributed by atoms with Crippen molar-refractivity contribution in [3.63, 3.8) is 0 Å². The van der Waals surface area contributed by atoms with Crippen molar-refractivity contribution in [2.24, 2.45) is 11.8 Å². The van der Waals surface area contributed by atoms with Crippen LogP contribution in [0.3, 0.4) is 0 Å². The van der Waals surface area contributed by atoms with E-state index in [9.17, 15) is 9.59 Å². The summed E-state index contributed by atoms with van der Waals surface area (Å²) in [7, 11) is 2.11. The number of aromatic amines is 1. The maximum Gasteiger partial charge on any atom is 0.275 e. The number of piperazine rings is 1. The first-order valence-electron chi connectivity index (χ1n) is 10.9. The Hall–Kier alpha value is -2.45. The van der Waals surface area contributed by atoms with Crippen LogP contribution in [0.5, 0.6) is 0 Å². The summed E-state index contributed by atoms with van der Waals surface area (Å²) in [5.41, 5.74) is 3.16. The van der Waals surface area contributed by atoms with Crippen LogP contribution in [-0.4, -0.2) is 71.6 Å². The van der Waals surface area contributed by atoms with Crippen molar-refractivity contribution in [3.05, 3.63) is 35.3 Å². The van der Waals surface area contributed by atoms with E-state index in [2.05, 4.69) is 56.8 Å². The van der Waals surface area contributed by atoms with Crippen LogP contribution in [0, 0.1) is 11.8 Å². The van der Waals surface area contributed by atoms with E-state index in [0.29, 0.717) is 29.6 Å². The molecule has 1 saturated heterocycles. The molecule has 3 aliphatic rings. The molecule has 2 fully saturated rings. The van der Waals surface area contributed by atoms with Gasteiger partial charge in [0.15, 0.2) is 0 Å². The van der Waals surface area contributed by atoms with E-state index < -0.39 is 0 Å². The number of rotatable bonds is 6. The predicted octanol–water partition coefficient (Wildman–Crippen LogP) is 1.98. The number of likely N-dealkylation sites (N-methyl/N-ethyl adjacent to an activating group) is 1. The highest BCUT2D eigenvalue weighted by atomic mass is 16.2. The van der Waals surface area contributed by atoms with Crippen LogP contribution in [0.1, 0.15) is 43.1 Å². The molecule has 4 rings (SSSR count). The number of amides is 2. The second kappa shape index (κ2) is 9.14. The molecule has 1 aromatic heterocycles. The Labute approximate surface area is 177 Å². The number of hydrogen-bond acceptors (Lipinski definition) is 5. The lowest BCUT2D eigenvalue weighted by molar-refractivity contribution is -0.116. The molecule has 2 aliphatic carbocycles. The van der Waals surface area contributed by atoms with Crippen LogP contribution >= 0.6 is 0 Å². The number of H-pyrrole nitrogens is 1. The molecule has 3 N–H and O–H groups in total. The molecule has 1 saturated carbocycles. The molecule has 8 heteroatoms. The topological polar surface area (TPSA) is 93.4 Å². The lowest BCUT2D eigenvalue weighted by atomic mass is 10.0. The standard InChI is InChI=1S/C22H32N6O2/c1-15-5-3-4-6-18(17-13-16(15)17)25-22(30)21-19(14-23-26-21)24-20(29)7-8-28-11-9-27(2)10-12-28/h5-6,14,16-17H,3-4,7-13H2,1-2H3,(H,23,26)(H,24,29)(H,25,30)/b15-5-,18-6+. The molecule has 162 valence electrons. The summed E-state index contributed by atoms with van der Waals surface area (Å²) in [6, 6.07) is 0. The van der Waals surface area contributed by atoms with Gasteiger partial charge < -0.3 is 20.4 Å². The number of nitrogens with one attached hydrogen (secondary N) is 3. The lowest BCUT2D eigenvalue weighted by Gasteiger charge is -2.32. The van der Waals surface area contributed by atoms with E-state index in [1.165, 1.54) is 11.8 Å². The van der Waals surface area contributed by atoms with Gasteiger partial charge in [0, 0.05) is 50.8 Å². The third-order valence-corrected chi connectivity index (χ3v) is 6.42. The molecule has 0 bridgehead atoms. The van der Waals surface area contributed by atoms with Crippen molar-refractivity contribution in [2.45, 2.75) is 32.6 Å². The Morgan fingerprint density at radius 3 is 2.70 bits per heavy atom. The largest absolute Gasteiger partial charge is 0.324 e. The number of anilines is 1. The van der Waals surface area contributed by atoms with Gasteiger partial charge in [-0.3, -0.25) is 14.7 Å². The average Bonchev–Trinajstić information content (AvgIpc) is 3.38. The molecule has 0 radical (unpaired) electrons. The number of nitrogens with zero attached hydrogens (tertiary/aromatic N) is 3. The Balaban J connectivity index is 1.30. The van der Waals surface area contributed by atoms with Crippen molar-refractivity contribution in [2.75, 3.05) is 45.1 Å². The molecule has 1 aromatic rings. The van der Waals surface area contributed by atoms with Gasteiger partial charge in [0.1, 0.15) is 5.69 Å². The number of fused-ring (bicyclic) bond motifs is 1. The molecule has 2 heterocycles. The minimum Gasteiger partial charge on any atom is -0.324 e. The summed E-state index contributed by atoms with van der Waals surface area (Å²) in [6.07, 6.45) is 9.37. The summed E-state index contributed by atoms with van der Waals surface area (Å²) >= 11 is 0. The lowest BCUT2D eigenvalue weighted by Crippen LogP contribution is -2.45. The molecule has 1 aliphatic heterocycles. The third kappa shape index (κ3) is 4.99. The first-order chi connectivity index (χ1) is 14.5. The second-order valence-electron chi connectivity index (χ2n) is 8.69. The van der Waals surface area contributed by atoms with Gasteiger partial charge in [0.05, 0.1) is 11.9 Å². The quantitative estimate of drug-likeness (QED) is 0.621. The number of carbonyl (C=O) groups is 2. The third-order valence-electron chi connectivity index (χ3n) is 6.42. The SMILES string of the molecule is C/C1=C/CC/C=C(/NC(=O)c2[nH]ncc2NC(=O)CCN2CCN(C)CC2)C2CC12. The molecule has 2 amide bonds. The molecule has 0 spiro atoms. The van der Waals surface area contributed by atoms with Crippen LogP contribution < -0.4 is 10.6 Å². The Kier molecular flexibility index (Phi) is 6.34. The minimum atomic E-state index is -0.249. The average molecular weight is 413 g/mol. The van der Waals surface area contributed by atoms with E-state index in [0.717, 1.165) is 57.7 Å². The number of carbonyl (C=O) groups excluding carboxylic acids is 2. The van der Waals surface area contributed by atoms with Gasteiger partial charge in [-0.25, -0.2) is 0 Å². The fraction of sp³-hybridized carbons (Fsp3) is 0.591. The number of aromatic nitrogens is 2. The smallest absolute Gasteiger partial charge is 0.275 e. The maximum absolute atomic E-state index is 12.9. The van der Waals surface area contributed by atoms with Gasteiger partial charge >= 0.3 is 0 Å². The van der Waals surface area contributed by atoms with Crippen LogP contribution in [0.15, 0.2) is 29.6 Å². The van der Waals surface area contributed by atoms with Crippen molar-refractivity contribution >= 4 is 17.5 Å². The summed E-state index contributed by atoms with van der Waals surface area (Å²) in [6.45, 7) is 6.92. The summed E-state index contributed by atoms with van der Waals surface area (Å²) in [4.78, 5) is 29.9. The molecular weight excluding hydrogens is 380 g/mol. The Morgan fingerprint density at radius 2 is 1.90 bits per heavy atom. The van der Waals surface area contributed by atoms with Crippen molar-refractivity contribution in [1.82, 2.24) is 25.3 Å². The van der Waals surface area contributed by atoms with Crippen molar-refractivity contribution in [1.29, 1.82) is 0 Å². The molecular formula is C22H32N6O2. The van der Waals surface area contributed by atoms with Gasteiger partial charge in [0.2, 0.25) is 5.91 Å². The van der Waals surface area contributed by atoms with E-state index in [4.69, 9.17) is 0 Å². The normalized spacial score (nSPS) is 28.2. The van der Waals surface area contributed by atoms with Crippen molar-refractivity contribution in [3.8, 4) is 0 Å². The van der Waals surface area contributed by atoms with Gasteiger partial charge in [-0.1, -0.05) is 17.7 Å². The summed E-state index contributed by atoms with van der Waals surface area (Å²) in [5, 5.41) is 12.6. The van der Waals surface area contributed by atoms with Crippen LogP contribution in [0.25, 0.3) is 0 Å². The highest BCUT2D eigenvalue weighted by molar-refractivity contribution is 6.02. The van der Waals surface area contributed by atoms with E-state index in [-0.39, 0.29) is 11.8 Å². The first-order valence-corrected chi connectivity index (χ1v) is 10.9. The maximum atomic E-state index is 12.9. The predicted molar refractivity (Wildman–Crippen MR) is 116 cm³/mol. The zero-order valence-electron chi connectivity index (χ0n) is 17.9. The molecule has 30 heavy (non-hydrogen) atoms. The minimum absolute atomic E-state index is 0.0995. The monoisotopic (exact) mass is 412 g/mol. The number of hydrogen-bond donors (Lipinski definition) is 3. The Morgan fingerprint density at radius 1 is 1.13 bits per heavy atom. The first kappa shape index (κ1) is 20.8. The van der Waals surface area contributed by atoms with Gasteiger partial charge in [-0.2, -0.15) is 5.10 Å². The highest BCUT2D eigenvalue weighted by Gasteiger charge is 2.41. The van der Waals surface area contributed by atoms with Crippen LogP contribution in [0.4, 0.5) is 5.69 Å². The molecule has 0 aromatic carbocycles. The zero-order valence-corrected chi connectivity index (χ0v) is 17.9.